The highest BCUT2D eigenvalue weighted by Gasteiger charge is 2.08. The van der Waals surface area contributed by atoms with Gasteiger partial charge in [0.05, 0.1) is 10.6 Å². The second kappa shape index (κ2) is 6.47. The molecule has 0 aromatic heterocycles. The molecule has 0 saturated carbocycles. The summed E-state index contributed by atoms with van der Waals surface area (Å²) in [6.45, 7) is 2.75. The first-order valence-electron chi connectivity index (χ1n) is 5.39. The second-order valence-corrected chi connectivity index (χ2v) is 4.29. The zero-order valence-electron chi connectivity index (χ0n) is 10.00. The summed E-state index contributed by atoms with van der Waals surface area (Å²) in [6.07, 6.45) is 0.895. The normalized spacial score (nSPS) is 12.2. The number of nitrogens with one attached hydrogen (secondary N) is 1. The molecule has 4 nitrogen and oxygen atoms in total. The van der Waals surface area contributed by atoms with E-state index in [0.717, 1.165) is 12.1 Å². The molecule has 0 bridgehead atoms. The van der Waals surface area contributed by atoms with Crippen molar-refractivity contribution in [3.8, 4) is 0 Å². The molecule has 1 aromatic carbocycles. The molecule has 5 heteroatoms. The van der Waals surface area contributed by atoms with Gasteiger partial charge in [-0.3, -0.25) is 4.79 Å². The molecular weight excluding hydrogens is 240 g/mol. The third-order valence-corrected chi connectivity index (χ3v) is 2.72. The van der Waals surface area contributed by atoms with Crippen LogP contribution in [-0.4, -0.2) is 25.7 Å². The third kappa shape index (κ3) is 4.24. The summed E-state index contributed by atoms with van der Waals surface area (Å²) in [5, 5.41) is 3.63. The van der Waals surface area contributed by atoms with Crippen molar-refractivity contribution in [2.75, 3.05) is 19.0 Å². The molecule has 0 fully saturated rings. The van der Waals surface area contributed by atoms with E-state index < -0.39 is 5.91 Å². The number of halogens is 1. The van der Waals surface area contributed by atoms with Crippen molar-refractivity contribution in [3.05, 3.63) is 28.8 Å². The number of rotatable bonds is 6. The Hall–Kier alpha value is -1.26. The zero-order chi connectivity index (χ0) is 12.8. The van der Waals surface area contributed by atoms with Crippen LogP contribution in [0.5, 0.6) is 0 Å². The highest BCUT2D eigenvalue weighted by atomic mass is 35.5. The molecule has 0 aliphatic rings. The third-order valence-electron chi connectivity index (χ3n) is 2.40. The van der Waals surface area contributed by atoms with Gasteiger partial charge in [-0.1, -0.05) is 11.6 Å². The number of anilines is 1. The standard InChI is InChI=1S/C12H17ClN2O2/c1-8(5-6-17-2)15-9-3-4-10(12(14)16)11(13)7-9/h3-4,7-8,15H,5-6H2,1-2H3,(H2,14,16). The average molecular weight is 257 g/mol. The van der Waals surface area contributed by atoms with Gasteiger partial charge in [0.1, 0.15) is 0 Å². The van der Waals surface area contributed by atoms with Gasteiger partial charge in [0.15, 0.2) is 0 Å². The molecule has 0 heterocycles. The quantitative estimate of drug-likeness (QED) is 0.821. The predicted octanol–water partition coefficient (Wildman–Crippen LogP) is 2.28. The Morgan fingerprint density at radius 2 is 2.29 bits per heavy atom. The highest BCUT2D eigenvalue weighted by Crippen LogP contribution is 2.21. The summed E-state index contributed by atoms with van der Waals surface area (Å²) in [5.41, 5.74) is 6.37. The Morgan fingerprint density at radius 1 is 1.59 bits per heavy atom. The van der Waals surface area contributed by atoms with Gasteiger partial charge in [-0.15, -0.1) is 0 Å². The van der Waals surface area contributed by atoms with Crippen molar-refractivity contribution in [1.82, 2.24) is 0 Å². The molecule has 1 aromatic rings. The largest absolute Gasteiger partial charge is 0.385 e. The first-order valence-corrected chi connectivity index (χ1v) is 5.77. The van der Waals surface area contributed by atoms with Crippen molar-refractivity contribution in [2.45, 2.75) is 19.4 Å². The summed E-state index contributed by atoms with van der Waals surface area (Å²) in [4.78, 5) is 11.0. The van der Waals surface area contributed by atoms with Gasteiger partial charge in [-0.2, -0.15) is 0 Å². The van der Waals surface area contributed by atoms with Gasteiger partial charge in [-0.25, -0.2) is 0 Å². The minimum atomic E-state index is -0.519. The molecule has 94 valence electrons. The van der Waals surface area contributed by atoms with E-state index in [0.29, 0.717) is 17.2 Å². The fourth-order valence-corrected chi connectivity index (χ4v) is 1.73. The molecule has 1 amide bonds. The Labute approximate surface area is 106 Å². The first-order chi connectivity index (χ1) is 8.04. The summed E-state index contributed by atoms with van der Waals surface area (Å²) in [6, 6.07) is 5.38. The van der Waals surface area contributed by atoms with Crippen molar-refractivity contribution in [1.29, 1.82) is 0 Å². The Bertz CT molecular complexity index is 396. The van der Waals surface area contributed by atoms with E-state index in [4.69, 9.17) is 22.1 Å². The minimum absolute atomic E-state index is 0.269. The van der Waals surface area contributed by atoms with Crippen molar-refractivity contribution < 1.29 is 9.53 Å². The van der Waals surface area contributed by atoms with Crippen molar-refractivity contribution >= 4 is 23.2 Å². The molecule has 0 spiro atoms. The highest BCUT2D eigenvalue weighted by molar-refractivity contribution is 6.34. The molecular formula is C12H17ClN2O2. The zero-order valence-corrected chi connectivity index (χ0v) is 10.8. The number of methoxy groups -OCH3 is 1. The Balaban J connectivity index is 2.67. The van der Waals surface area contributed by atoms with Gasteiger partial charge in [-0.05, 0) is 31.5 Å². The molecule has 0 aliphatic heterocycles. The summed E-state index contributed by atoms with van der Waals surface area (Å²) >= 11 is 5.95. The van der Waals surface area contributed by atoms with Crippen LogP contribution in [0, 0.1) is 0 Å². The van der Waals surface area contributed by atoms with Crippen LogP contribution in [0.25, 0.3) is 0 Å². The topological polar surface area (TPSA) is 64.3 Å². The first kappa shape index (κ1) is 13.8. The summed E-state index contributed by atoms with van der Waals surface area (Å²) in [7, 11) is 1.67. The van der Waals surface area contributed by atoms with E-state index in [9.17, 15) is 4.79 Å². The lowest BCUT2D eigenvalue weighted by atomic mass is 10.1. The van der Waals surface area contributed by atoms with Crippen molar-refractivity contribution in [3.63, 3.8) is 0 Å². The maximum absolute atomic E-state index is 11.0. The van der Waals surface area contributed by atoms with Crippen LogP contribution in [0.1, 0.15) is 23.7 Å². The fraction of sp³-hybridized carbons (Fsp3) is 0.417. The van der Waals surface area contributed by atoms with E-state index in [1.165, 1.54) is 0 Å². The van der Waals surface area contributed by atoms with Crippen LogP contribution in [0.3, 0.4) is 0 Å². The molecule has 1 atom stereocenters. The van der Waals surface area contributed by atoms with Gasteiger partial charge < -0.3 is 15.8 Å². The van der Waals surface area contributed by atoms with E-state index in [1.807, 2.05) is 0 Å². The van der Waals surface area contributed by atoms with Crippen LogP contribution < -0.4 is 11.1 Å². The van der Waals surface area contributed by atoms with Gasteiger partial charge in [0.2, 0.25) is 5.91 Å². The van der Waals surface area contributed by atoms with E-state index in [2.05, 4.69) is 12.2 Å². The predicted molar refractivity (Wildman–Crippen MR) is 69.5 cm³/mol. The van der Waals surface area contributed by atoms with Gasteiger partial charge in [0, 0.05) is 25.4 Å². The number of amides is 1. The molecule has 0 saturated heterocycles. The minimum Gasteiger partial charge on any atom is -0.385 e. The van der Waals surface area contributed by atoms with E-state index in [1.54, 1.807) is 25.3 Å². The van der Waals surface area contributed by atoms with Crippen LogP contribution in [-0.2, 0) is 4.74 Å². The lowest BCUT2D eigenvalue weighted by molar-refractivity contribution is 0.100. The number of benzene rings is 1. The van der Waals surface area contributed by atoms with E-state index >= 15 is 0 Å². The molecule has 0 radical (unpaired) electrons. The second-order valence-electron chi connectivity index (χ2n) is 3.89. The van der Waals surface area contributed by atoms with Crippen LogP contribution in [0.4, 0.5) is 5.69 Å². The van der Waals surface area contributed by atoms with Crippen LogP contribution in [0.2, 0.25) is 5.02 Å². The fourth-order valence-electron chi connectivity index (χ4n) is 1.46. The Kier molecular flexibility index (Phi) is 5.25. The lowest BCUT2D eigenvalue weighted by Gasteiger charge is -2.15. The van der Waals surface area contributed by atoms with Gasteiger partial charge >= 0.3 is 0 Å². The molecule has 0 aliphatic carbocycles. The molecule has 1 rings (SSSR count). The summed E-state index contributed by atoms with van der Waals surface area (Å²) < 4.78 is 5.00. The SMILES string of the molecule is COCCC(C)Nc1ccc(C(N)=O)c(Cl)c1. The van der Waals surface area contributed by atoms with Crippen molar-refractivity contribution in [2.24, 2.45) is 5.73 Å². The maximum Gasteiger partial charge on any atom is 0.250 e. The maximum atomic E-state index is 11.0. The monoisotopic (exact) mass is 256 g/mol. The molecule has 1 unspecified atom stereocenters. The average Bonchev–Trinajstić information content (AvgIpc) is 2.26. The lowest BCUT2D eigenvalue weighted by Crippen LogP contribution is -2.17. The molecule has 17 heavy (non-hydrogen) atoms. The number of carbonyl (C=O) groups is 1. The van der Waals surface area contributed by atoms with Crippen LogP contribution in [0.15, 0.2) is 18.2 Å². The van der Waals surface area contributed by atoms with Crippen LogP contribution >= 0.6 is 11.6 Å². The number of nitrogens with two attached hydrogens (primary N) is 1. The molecule has 3 N–H and O–H groups in total. The van der Waals surface area contributed by atoms with E-state index in [-0.39, 0.29) is 6.04 Å². The summed E-state index contributed by atoms with van der Waals surface area (Å²) in [5.74, 6) is -0.519. The smallest absolute Gasteiger partial charge is 0.250 e. The number of primary amides is 1. The number of hydrogen-bond acceptors (Lipinski definition) is 3. The number of ether oxygens (including phenoxy) is 1. The number of hydrogen-bond donors (Lipinski definition) is 2. The number of carbonyl (C=O) groups excluding carboxylic acids is 1. The Morgan fingerprint density at radius 3 is 2.82 bits per heavy atom. The van der Waals surface area contributed by atoms with Gasteiger partial charge in [0.25, 0.3) is 0 Å².